The van der Waals surface area contributed by atoms with E-state index in [1.807, 2.05) is 0 Å². The zero-order valence-electron chi connectivity index (χ0n) is 12.8. The molecule has 0 saturated carbocycles. The Morgan fingerprint density at radius 3 is 1.68 bits per heavy atom. The predicted molar refractivity (Wildman–Crippen MR) is 96.5 cm³/mol. The summed E-state index contributed by atoms with van der Waals surface area (Å²) in [4.78, 5) is 23.6. The van der Waals surface area contributed by atoms with E-state index >= 15 is 0 Å². The fraction of sp³-hybridized carbons (Fsp3) is 0.125. The van der Waals surface area contributed by atoms with Gasteiger partial charge in [-0.1, -0.05) is 15.9 Å². The summed E-state index contributed by atoms with van der Waals surface area (Å²) >= 11 is 3.24. The highest BCUT2D eigenvalue weighted by Crippen LogP contribution is 2.14. The first-order chi connectivity index (χ1) is 11.7. The van der Waals surface area contributed by atoms with Gasteiger partial charge in [0, 0.05) is 15.8 Å². The van der Waals surface area contributed by atoms with Gasteiger partial charge in [-0.15, -0.1) is 0 Å². The number of rotatable bonds is 6. The van der Waals surface area contributed by atoms with E-state index in [1.165, 1.54) is 12.1 Å². The molecule has 9 heteroatoms. The van der Waals surface area contributed by atoms with Gasteiger partial charge in [0.25, 0.3) is 0 Å². The average molecular weight is 429 g/mol. The number of anilines is 2. The van der Waals surface area contributed by atoms with Gasteiger partial charge in [-0.3, -0.25) is 9.59 Å². The number of halogens is 2. The lowest BCUT2D eigenvalue weighted by atomic mass is 10.3. The highest BCUT2D eigenvalue weighted by molar-refractivity contribution is 9.10. The van der Waals surface area contributed by atoms with E-state index in [0.717, 1.165) is 16.6 Å². The normalized spacial score (nSPS) is 11.0. The number of carbonyl (C=O) groups is 2. The van der Waals surface area contributed by atoms with Gasteiger partial charge >= 0.3 is 0 Å². The van der Waals surface area contributed by atoms with Crippen LogP contribution in [0.25, 0.3) is 0 Å². The van der Waals surface area contributed by atoms with Crippen LogP contribution < -0.4 is 10.6 Å². The first kappa shape index (κ1) is 19.1. The molecule has 0 aliphatic heterocycles. The van der Waals surface area contributed by atoms with Crippen molar-refractivity contribution in [2.45, 2.75) is 0 Å². The summed E-state index contributed by atoms with van der Waals surface area (Å²) in [6.45, 7) is 0. The van der Waals surface area contributed by atoms with Crippen molar-refractivity contribution in [3.05, 3.63) is 58.8 Å². The Balaban J connectivity index is 1.89. The van der Waals surface area contributed by atoms with Crippen LogP contribution in [-0.2, 0) is 19.4 Å². The molecule has 0 aromatic heterocycles. The number of hydrogen-bond acceptors (Lipinski definition) is 4. The Hall–Kier alpha value is -2.26. The number of sulfone groups is 1. The van der Waals surface area contributed by atoms with Crippen molar-refractivity contribution in [3.8, 4) is 0 Å². The van der Waals surface area contributed by atoms with E-state index in [4.69, 9.17) is 0 Å². The van der Waals surface area contributed by atoms with Crippen LogP contribution in [0.3, 0.4) is 0 Å². The highest BCUT2D eigenvalue weighted by Gasteiger charge is 2.21. The molecule has 132 valence electrons. The molecule has 25 heavy (non-hydrogen) atoms. The first-order valence-electron chi connectivity index (χ1n) is 7.05. The molecule has 0 spiro atoms. The fourth-order valence-corrected chi connectivity index (χ4v) is 3.22. The SMILES string of the molecule is O=C(CS(=O)(=O)CC(=O)Nc1ccc(Br)cc1)Nc1ccc(F)cc1. The Morgan fingerprint density at radius 1 is 0.840 bits per heavy atom. The van der Waals surface area contributed by atoms with Gasteiger partial charge < -0.3 is 10.6 Å². The largest absolute Gasteiger partial charge is 0.325 e. The lowest BCUT2D eigenvalue weighted by molar-refractivity contribution is -0.114. The molecule has 2 amide bonds. The quantitative estimate of drug-likeness (QED) is 0.739. The summed E-state index contributed by atoms with van der Waals surface area (Å²) in [5, 5.41) is 4.77. The van der Waals surface area contributed by atoms with E-state index in [0.29, 0.717) is 5.69 Å². The van der Waals surface area contributed by atoms with E-state index in [2.05, 4.69) is 26.6 Å². The van der Waals surface area contributed by atoms with E-state index in [9.17, 15) is 22.4 Å². The molecule has 0 radical (unpaired) electrons. The van der Waals surface area contributed by atoms with Crippen molar-refractivity contribution in [2.75, 3.05) is 22.1 Å². The van der Waals surface area contributed by atoms with Crippen molar-refractivity contribution in [1.29, 1.82) is 0 Å². The summed E-state index contributed by atoms with van der Waals surface area (Å²) in [6, 6.07) is 11.5. The van der Waals surface area contributed by atoms with Crippen LogP contribution in [0.1, 0.15) is 0 Å². The Morgan fingerprint density at radius 2 is 1.24 bits per heavy atom. The Bertz CT molecular complexity index is 801. The van der Waals surface area contributed by atoms with Gasteiger partial charge in [0.1, 0.15) is 17.3 Å². The topological polar surface area (TPSA) is 92.3 Å². The zero-order valence-corrected chi connectivity index (χ0v) is 15.2. The second-order valence-corrected chi connectivity index (χ2v) is 8.12. The fourth-order valence-electron chi connectivity index (χ4n) is 1.91. The van der Waals surface area contributed by atoms with E-state index in [-0.39, 0.29) is 5.69 Å². The lowest BCUT2D eigenvalue weighted by Crippen LogP contribution is -2.30. The van der Waals surface area contributed by atoms with Crippen molar-refractivity contribution >= 4 is 49.0 Å². The maximum absolute atomic E-state index is 12.8. The number of nitrogens with one attached hydrogen (secondary N) is 2. The summed E-state index contributed by atoms with van der Waals surface area (Å²) in [5.74, 6) is -3.69. The Kier molecular flexibility index (Phi) is 6.27. The highest BCUT2D eigenvalue weighted by atomic mass is 79.9. The molecule has 2 aromatic rings. The molecule has 0 unspecified atom stereocenters. The summed E-state index contributed by atoms with van der Waals surface area (Å²) < 4.78 is 37.5. The molecule has 2 N–H and O–H groups in total. The van der Waals surface area contributed by atoms with Gasteiger partial charge in [-0.2, -0.15) is 0 Å². The van der Waals surface area contributed by atoms with Gasteiger partial charge in [0.15, 0.2) is 9.84 Å². The molecule has 0 saturated heterocycles. The minimum atomic E-state index is -3.94. The summed E-state index contributed by atoms with van der Waals surface area (Å²) in [7, 11) is -3.94. The first-order valence-corrected chi connectivity index (χ1v) is 9.66. The van der Waals surface area contributed by atoms with Crippen molar-refractivity contribution < 1.29 is 22.4 Å². The molecule has 0 aliphatic rings. The number of carbonyl (C=O) groups excluding carboxylic acids is 2. The monoisotopic (exact) mass is 428 g/mol. The van der Waals surface area contributed by atoms with Crippen LogP contribution in [0.2, 0.25) is 0 Å². The number of benzene rings is 2. The van der Waals surface area contributed by atoms with Crippen molar-refractivity contribution in [2.24, 2.45) is 0 Å². The maximum atomic E-state index is 12.8. The molecule has 0 fully saturated rings. The van der Waals surface area contributed by atoms with Gasteiger partial charge in [-0.05, 0) is 48.5 Å². The maximum Gasteiger partial charge on any atom is 0.239 e. The molecule has 2 aromatic carbocycles. The number of amides is 2. The third kappa shape index (κ3) is 6.63. The molecular weight excluding hydrogens is 415 g/mol. The van der Waals surface area contributed by atoms with Crippen LogP contribution in [-0.4, -0.2) is 31.7 Å². The van der Waals surface area contributed by atoms with Crippen molar-refractivity contribution in [1.82, 2.24) is 0 Å². The minimum Gasteiger partial charge on any atom is -0.325 e. The smallest absolute Gasteiger partial charge is 0.239 e. The standard InChI is InChI=1S/C16H14BrFN2O4S/c17-11-1-5-13(6-2-11)19-15(21)9-25(23,24)10-16(22)20-14-7-3-12(18)4-8-14/h1-8H,9-10H2,(H,19,21)(H,20,22). The average Bonchev–Trinajstić information content (AvgIpc) is 2.50. The second kappa shape index (κ2) is 8.21. The van der Waals surface area contributed by atoms with Crippen LogP contribution >= 0.6 is 15.9 Å². The molecule has 0 bridgehead atoms. The second-order valence-electron chi connectivity index (χ2n) is 5.14. The predicted octanol–water partition coefficient (Wildman–Crippen LogP) is 2.58. The molecule has 0 aliphatic carbocycles. The van der Waals surface area contributed by atoms with Crippen LogP contribution in [0, 0.1) is 5.82 Å². The Labute approximate surface area is 152 Å². The van der Waals surface area contributed by atoms with E-state index in [1.54, 1.807) is 24.3 Å². The van der Waals surface area contributed by atoms with Gasteiger partial charge in [0.05, 0.1) is 0 Å². The zero-order chi connectivity index (χ0) is 18.4. The number of hydrogen-bond donors (Lipinski definition) is 2. The molecule has 6 nitrogen and oxygen atoms in total. The third-order valence-electron chi connectivity index (χ3n) is 2.96. The lowest BCUT2D eigenvalue weighted by Gasteiger charge is -2.07. The van der Waals surface area contributed by atoms with Crippen molar-refractivity contribution in [3.63, 3.8) is 0 Å². The molecule has 0 atom stereocenters. The van der Waals surface area contributed by atoms with Crippen LogP contribution in [0.4, 0.5) is 15.8 Å². The minimum absolute atomic E-state index is 0.265. The van der Waals surface area contributed by atoms with E-state index < -0.39 is 39.0 Å². The van der Waals surface area contributed by atoms with Gasteiger partial charge in [0.2, 0.25) is 11.8 Å². The third-order valence-corrected chi connectivity index (χ3v) is 4.89. The molecule has 2 rings (SSSR count). The van der Waals surface area contributed by atoms with Crippen LogP contribution in [0.5, 0.6) is 0 Å². The van der Waals surface area contributed by atoms with Crippen LogP contribution in [0.15, 0.2) is 53.0 Å². The van der Waals surface area contributed by atoms with Gasteiger partial charge in [-0.25, -0.2) is 12.8 Å². The molecular formula is C16H14BrFN2O4S. The molecule has 0 heterocycles. The summed E-state index contributed by atoms with van der Waals surface area (Å²) in [5.41, 5.74) is 0.708. The summed E-state index contributed by atoms with van der Waals surface area (Å²) in [6.07, 6.45) is 0.